The molecule has 12 heavy (non-hydrogen) atoms. The van der Waals surface area contributed by atoms with Crippen LogP contribution in [0.1, 0.15) is 19.0 Å². The second kappa shape index (κ2) is 4.21. The van der Waals surface area contributed by atoms with E-state index in [0.717, 1.165) is 5.69 Å². The fourth-order valence-corrected chi connectivity index (χ4v) is 1.03. The molecule has 0 saturated heterocycles. The molecular weight excluding hydrogens is 157 g/mol. The van der Waals surface area contributed by atoms with Crippen LogP contribution in [0.3, 0.4) is 0 Å². The zero-order valence-corrected chi connectivity index (χ0v) is 7.20. The molecule has 0 spiro atoms. The van der Waals surface area contributed by atoms with Gasteiger partial charge in [0.15, 0.2) is 0 Å². The third-order valence-electron chi connectivity index (χ3n) is 1.75. The topological polar surface area (TPSA) is 43.8 Å². The molecule has 0 fully saturated rings. The minimum Gasteiger partial charge on any atom is -0.325 e. The molecule has 1 atom stereocenters. The summed E-state index contributed by atoms with van der Waals surface area (Å²) in [6.45, 7) is 2.61. The van der Waals surface area contributed by atoms with Gasteiger partial charge >= 0.3 is 0 Å². The molecule has 0 radical (unpaired) electrons. The maximum Gasteiger partial charge on any atom is 0.0991 e. The highest BCUT2D eigenvalue weighted by Crippen LogP contribution is 2.02. The summed E-state index contributed by atoms with van der Waals surface area (Å²) in [6, 6.07) is 1.85. The van der Waals surface area contributed by atoms with E-state index in [1.807, 2.05) is 6.07 Å². The lowest BCUT2D eigenvalue weighted by molar-refractivity contribution is 0.318. The third-order valence-corrected chi connectivity index (χ3v) is 1.75. The van der Waals surface area contributed by atoms with Crippen LogP contribution in [-0.2, 0) is 13.1 Å². The molecular formula is C8H14FN3. The number of nitrogens with two attached hydrogens (primary N) is 1. The van der Waals surface area contributed by atoms with Crippen LogP contribution in [0.5, 0.6) is 0 Å². The van der Waals surface area contributed by atoms with Gasteiger partial charge < -0.3 is 5.73 Å². The number of halogens is 1. The fourth-order valence-electron chi connectivity index (χ4n) is 1.03. The van der Waals surface area contributed by atoms with Gasteiger partial charge in [0, 0.05) is 19.3 Å². The second-order valence-corrected chi connectivity index (χ2v) is 2.82. The van der Waals surface area contributed by atoms with Crippen molar-refractivity contribution in [3.8, 4) is 0 Å². The molecule has 1 aromatic rings. The molecule has 1 aromatic heterocycles. The fraction of sp³-hybridized carbons (Fsp3) is 0.625. The van der Waals surface area contributed by atoms with Gasteiger partial charge in [-0.25, -0.2) is 4.39 Å². The van der Waals surface area contributed by atoms with Crippen LogP contribution in [0.25, 0.3) is 0 Å². The third kappa shape index (κ3) is 2.30. The molecule has 1 heterocycles. The molecule has 3 nitrogen and oxygen atoms in total. The van der Waals surface area contributed by atoms with Crippen LogP contribution in [0, 0.1) is 0 Å². The minimum absolute atomic E-state index is 0.459. The van der Waals surface area contributed by atoms with Gasteiger partial charge in [-0.15, -0.1) is 0 Å². The summed E-state index contributed by atoms with van der Waals surface area (Å²) >= 11 is 0. The van der Waals surface area contributed by atoms with Gasteiger partial charge in [-0.05, 0) is 19.4 Å². The molecule has 0 aliphatic carbocycles. The van der Waals surface area contributed by atoms with Crippen molar-refractivity contribution in [1.82, 2.24) is 9.78 Å². The molecule has 0 aromatic carbocycles. The molecule has 4 heteroatoms. The Morgan fingerprint density at radius 3 is 3.08 bits per heavy atom. The van der Waals surface area contributed by atoms with Gasteiger partial charge in [-0.2, -0.15) is 5.10 Å². The lowest BCUT2D eigenvalue weighted by Gasteiger charge is -2.05. The number of alkyl halides is 1. The van der Waals surface area contributed by atoms with Crippen molar-refractivity contribution < 1.29 is 4.39 Å². The first-order valence-corrected chi connectivity index (χ1v) is 4.09. The van der Waals surface area contributed by atoms with Gasteiger partial charge in [0.05, 0.1) is 11.9 Å². The Hall–Kier alpha value is -0.900. The number of hydrogen-bond acceptors (Lipinski definition) is 2. The summed E-state index contributed by atoms with van der Waals surface area (Å²) in [6.07, 6.45) is 1.40. The first-order valence-electron chi connectivity index (χ1n) is 4.09. The quantitative estimate of drug-likeness (QED) is 0.737. The van der Waals surface area contributed by atoms with Crippen molar-refractivity contribution in [3.05, 3.63) is 18.0 Å². The van der Waals surface area contributed by atoms with Gasteiger partial charge in [-0.1, -0.05) is 0 Å². The van der Waals surface area contributed by atoms with E-state index in [1.165, 1.54) is 0 Å². The Balaban J connectivity index is 2.50. The zero-order valence-electron chi connectivity index (χ0n) is 7.20. The van der Waals surface area contributed by atoms with Crippen LogP contribution < -0.4 is 5.73 Å². The average Bonchev–Trinajstić information content (AvgIpc) is 2.47. The van der Waals surface area contributed by atoms with Crippen molar-refractivity contribution in [1.29, 1.82) is 0 Å². The molecule has 1 rings (SSSR count). The SMILES string of the molecule is CC(F)CCn1nccc1CN. The van der Waals surface area contributed by atoms with E-state index in [2.05, 4.69) is 5.10 Å². The van der Waals surface area contributed by atoms with Crippen molar-refractivity contribution in [2.75, 3.05) is 0 Å². The molecule has 0 bridgehead atoms. The van der Waals surface area contributed by atoms with E-state index < -0.39 is 6.17 Å². The summed E-state index contributed by atoms with van der Waals surface area (Å²) in [5, 5.41) is 4.03. The lowest BCUT2D eigenvalue weighted by Crippen LogP contribution is -2.11. The minimum atomic E-state index is -0.778. The highest BCUT2D eigenvalue weighted by atomic mass is 19.1. The molecule has 0 saturated carbocycles. The maximum atomic E-state index is 12.5. The number of hydrogen-bond donors (Lipinski definition) is 1. The van der Waals surface area contributed by atoms with Crippen molar-refractivity contribution >= 4 is 0 Å². The lowest BCUT2D eigenvalue weighted by atomic mass is 10.3. The summed E-state index contributed by atoms with van der Waals surface area (Å²) < 4.78 is 14.2. The Morgan fingerprint density at radius 1 is 1.75 bits per heavy atom. The molecule has 0 amide bonds. The van der Waals surface area contributed by atoms with Gasteiger partial charge in [0.1, 0.15) is 0 Å². The van der Waals surface area contributed by atoms with Gasteiger partial charge in [-0.3, -0.25) is 4.68 Å². The summed E-state index contributed by atoms with van der Waals surface area (Å²) in [4.78, 5) is 0. The van der Waals surface area contributed by atoms with Crippen LogP contribution in [-0.4, -0.2) is 16.0 Å². The smallest absolute Gasteiger partial charge is 0.0991 e. The molecule has 1 unspecified atom stereocenters. The highest BCUT2D eigenvalue weighted by molar-refractivity contribution is 4.99. The Morgan fingerprint density at radius 2 is 2.50 bits per heavy atom. The molecule has 2 N–H and O–H groups in total. The highest BCUT2D eigenvalue weighted by Gasteiger charge is 2.02. The number of nitrogens with zero attached hydrogens (tertiary/aromatic N) is 2. The molecule has 0 aliphatic rings. The van der Waals surface area contributed by atoms with Crippen LogP contribution >= 0.6 is 0 Å². The van der Waals surface area contributed by atoms with Gasteiger partial charge in [0.2, 0.25) is 0 Å². The number of aromatic nitrogens is 2. The predicted octanol–water partition coefficient (Wildman–Crippen LogP) is 1.09. The predicted molar refractivity (Wildman–Crippen MR) is 45.3 cm³/mol. The van der Waals surface area contributed by atoms with E-state index in [1.54, 1.807) is 17.8 Å². The summed E-state index contributed by atoms with van der Waals surface area (Å²) in [7, 11) is 0. The van der Waals surface area contributed by atoms with Crippen molar-refractivity contribution in [2.45, 2.75) is 32.6 Å². The van der Waals surface area contributed by atoms with Crippen molar-refractivity contribution in [2.24, 2.45) is 5.73 Å². The monoisotopic (exact) mass is 171 g/mol. The number of rotatable bonds is 4. The maximum absolute atomic E-state index is 12.5. The normalized spacial score (nSPS) is 13.2. The average molecular weight is 171 g/mol. The summed E-state index contributed by atoms with van der Waals surface area (Å²) in [5.41, 5.74) is 6.40. The van der Waals surface area contributed by atoms with E-state index in [9.17, 15) is 4.39 Å². The molecule has 68 valence electrons. The van der Waals surface area contributed by atoms with Crippen LogP contribution in [0.2, 0.25) is 0 Å². The second-order valence-electron chi connectivity index (χ2n) is 2.82. The Labute approximate surface area is 71.4 Å². The number of aryl methyl sites for hydroxylation is 1. The Bertz CT molecular complexity index is 232. The van der Waals surface area contributed by atoms with E-state index in [0.29, 0.717) is 19.5 Å². The first-order chi connectivity index (χ1) is 5.74. The standard InChI is InChI=1S/C8H14FN3/c1-7(9)3-5-12-8(6-10)2-4-11-12/h2,4,7H,3,5-6,10H2,1H3. The van der Waals surface area contributed by atoms with Crippen LogP contribution in [0.15, 0.2) is 12.3 Å². The first kappa shape index (κ1) is 9.19. The van der Waals surface area contributed by atoms with E-state index >= 15 is 0 Å². The van der Waals surface area contributed by atoms with Crippen molar-refractivity contribution in [3.63, 3.8) is 0 Å². The van der Waals surface area contributed by atoms with E-state index in [4.69, 9.17) is 5.73 Å². The molecule has 0 aliphatic heterocycles. The Kier molecular flexibility index (Phi) is 3.22. The van der Waals surface area contributed by atoms with Crippen LogP contribution in [0.4, 0.5) is 4.39 Å². The zero-order chi connectivity index (χ0) is 8.97. The van der Waals surface area contributed by atoms with E-state index in [-0.39, 0.29) is 0 Å². The largest absolute Gasteiger partial charge is 0.325 e. The van der Waals surface area contributed by atoms with Gasteiger partial charge in [0.25, 0.3) is 0 Å². The summed E-state index contributed by atoms with van der Waals surface area (Å²) in [5.74, 6) is 0.